The van der Waals surface area contributed by atoms with Gasteiger partial charge in [0.2, 0.25) is 0 Å². The van der Waals surface area contributed by atoms with Crippen LogP contribution in [0.4, 0.5) is 0 Å². The van der Waals surface area contributed by atoms with Gasteiger partial charge >= 0.3 is 16.4 Å². The summed E-state index contributed by atoms with van der Waals surface area (Å²) in [6.45, 7) is 3.91. The van der Waals surface area contributed by atoms with Crippen LogP contribution >= 0.6 is 0 Å². The molecular formula is C48H86O12S. The maximum Gasteiger partial charge on any atom is 0.397 e. The molecule has 1 aliphatic rings. The average molecular weight is 887 g/mol. The Labute approximate surface area is 370 Å². The third-order valence-electron chi connectivity index (χ3n) is 10.7. The lowest BCUT2D eigenvalue weighted by Gasteiger charge is -2.41. The van der Waals surface area contributed by atoms with Crippen molar-refractivity contribution < 1.29 is 56.2 Å². The highest BCUT2D eigenvalue weighted by Gasteiger charge is 2.48. The number of aliphatic hydroxyl groups excluding tert-OH is 3. The number of allylic oxidation sites excluding steroid dienone is 8. The third kappa shape index (κ3) is 33.3. The van der Waals surface area contributed by atoms with E-state index in [0.717, 1.165) is 77.0 Å². The molecule has 4 N–H and O–H groups in total. The smallest absolute Gasteiger partial charge is 0.397 e. The molecule has 0 bridgehead atoms. The van der Waals surface area contributed by atoms with E-state index in [9.17, 15) is 28.5 Å². The fraction of sp³-hybridized carbons (Fsp3) is 0.812. The second-order valence-electron chi connectivity index (χ2n) is 16.3. The van der Waals surface area contributed by atoms with E-state index in [1.165, 1.54) is 83.5 Å². The molecule has 13 heteroatoms. The monoisotopic (exact) mass is 887 g/mol. The highest BCUT2D eigenvalue weighted by molar-refractivity contribution is 7.80. The SMILES string of the molecule is CCCCC/C=C\CCCCCCCC(=O)OC(COCCCCCCCCC/C=C\C/C=C\C/C=C\CCCCCCC)COC1OC(CO)C(O)C(OS(=O)(=O)O)C1O. The van der Waals surface area contributed by atoms with Crippen LogP contribution in [0, 0.1) is 0 Å². The van der Waals surface area contributed by atoms with Crippen LogP contribution in [0.15, 0.2) is 48.6 Å². The van der Waals surface area contributed by atoms with Gasteiger partial charge in [0.05, 0.1) is 19.8 Å². The second-order valence-corrected chi connectivity index (χ2v) is 17.4. The van der Waals surface area contributed by atoms with Gasteiger partial charge in [-0.15, -0.1) is 0 Å². The fourth-order valence-electron chi connectivity index (χ4n) is 7.03. The predicted octanol–water partition coefficient (Wildman–Crippen LogP) is 10.4. The van der Waals surface area contributed by atoms with Crippen molar-refractivity contribution in [2.75, 3.05) is 26.4 Å². The fourth-order valence-corrected chi connectivity index (χ4v) is 7.53. The molecule has 0 spiro atoms. The summed E-state index contributed by atoms with van der Waals surface area (Å²) in [5.41, 5.74) is 0. The third-order valence-corrected chi connectivity index (χ3v) is 11.1. The van der Waals surface area contributed by atoms with Crippen molar-refractivity contribution in [3.63, 3.8) is 0 Å². The van der Waals surface area contributed by atoms with Crippen molar-refractivity contribution in [3.8, 4) is 0 Å². The Morgan fingerprint density at radius 2 is 1.08 bits per heavy atom. The van der Waals surface area contributed by atoms with E-state index in [2.05, 4.69) is 66.6 Å². The summed E-state index contributed by atoms with van der Waals surface area (Å²) in [5, 5.41) is 30.7. The van der Waals surface area contributed by atoms with E-state index >= 15 is 0 Å². The van der Waals surface area contributed by atoms with E-state index in [1.54, 1.807) is 0 Å². The number of carbonyl (C=O) groups is 1. The van der Waals surface area contributed by atoms with Crippen LogP contribution in [0.2, 0.25) is 0 Å². The number of unbranched alkanes of at least 4 members (excludes halogenated alkanes) is 20. The molecule has 1 saturated heterocycles. The first-order chi connectivity index (χ1) is 29.6. The Hall–Kier alpha value is -1.94. The van der Waals surface area contributed by atoms with Gasteiger partial charge in [-0.3, -0.25) is 9.35 Å². The Morgan fingerprint density at radius 3 is 1.62 bits per heavy atom. The quantitative estimate of drug-likeness (QED) is 0.0198. The van der Waals surface area contributed by atoms with E-state index in [0.29, 0.717) is 13.0 Å². The van der Waals surface area contributed by atoms with Crippen molar-refractivity contribution >= 4 is 16.4 Å². The van der Waals surface area contributed by atoms with Crippen LogP contribution in [0.1, 0.15) is 187 Å². The van der Waals surface area contributed by atoms with Crippen LogP contribution in [-0.2, 0) is 38.3 Å². The molecule has 1 aliphatic heterocycles. The number of aliphatic hydroxyl groups is 3. The maximum atomic E-state index is 12.8. The first-order valence-corrected chi connectivity index (χ1v) is 25.3. The molecule has 356 valence electrons. The first-order valence-electron chi connectivity index (χ1n) is 23.9. The van der Waals surface area contributed by atoms with Crippen molar-refractivity contribution in [2.24, 2.45) is 0 Å². The van der Waals surface area contributed by atoms with Gasteiger partial charge in [0.1, 0.15) is 30.5 Å². The van der Waals surface area contributed by atoms with Crippen LogP contribution in [-0.4, -0.2) is 97.5 Å². The highest BCUT2D eigenvalue weighted by Crippen LogP contribution is 2.26. The van der Waals surface area contributed by atoms with Gasteiger partial charge in [-0.05, 0) is 77.0 Å². The lowest BCUT2D eigenvalue weighted by atomic mass is 9.99. The number of hydrogen-bond acceptors (Lipinski definition) is 11. The minimum Gasteiger partial charge on any atom is -0.457 e. The topological polar surface area (TPSA) is 178 Å². The molecule has 0 amide bonds. The molecule has 1 heterocycles. The molecule has 0 aromatic carbocycles. The van der Waals surface area contributed by atoms with Gasteiger partial charge in [0.25, 0.3) is 0 Å². The normalized spacial score (nSPS) is 20.5. The van der Waals surface area contributed by atoms with Crippen LogP contribution in [0.3, 0.4) is 0 Å². The molecule has 0 saturated carbocycles. The summed E-state index contributed by atoms with van der Waals surface area (Å²) < 4.78 is 59.1. The van der Waals surface area contributed by atoms with Gasteiger partial charge in [0.15, 0.2) is 6.29 Å². The Bertz CT molecular complexity index is 1250. The minimum atomic E-state index is -5.06. The maximum absolute atomic E-state index is 12.8. The van der Waals surface area contributed by atoms with Gasteiger partial charge in [-0.25, -0.2) is 4.18 Å². The van der Waals surface area contributed by atoms with Crippen LogP contribution < -0.4 is 0 Å². The molecule has 0 aromatic heterocycles. The molecule has 6 atom stereocenters. The van der Waals surface area contributed by atoms with Gasteiger partial charge in [-0.2, -0.15) is 8.42 Å². The summed E-state index contributed by atoms with van der Waals surface area (Å²) in [5.74, 6) is -0.414. The zero-order valence-electron chi connectivity index (χ0n) is 38.0. The molecular weight excluding hydrogens is 801 g/mol. The van der Waals surface area contributed by atoms with Gasteiger partial charge in [0, 0.05) is 13.0 Å². The number of hydrogen-bond donors (Lipinski definition) is 4. The standard InChI is InChI=1S/C48H86O12S/c1-3-5-7-9-11-13-15-17-18-19-20-21-22-23-24-25-26-28-30-32-34-36-38-56-40-42(58-44(50)37-35-33-31-29-27-16-14-12-10-8-6-4-2)41-57-48-46(52)47(60-61(53,54)55)45(51)43(39-49)59-48/h12,14-15,17,19-20,22-23,42-43,45-49,51-52H,3-11,13,16,18,21,24-41H2,1-2H3,(H,53,54,55)/b14-12-,17-15-,20-19-,23-22-. The van der Waals surface area contributed by atoms with Crippen LogP contribution in [0.5, 0.6) is 0 Å². The molecule has 0 aliphatic carbocycles. The number of esters is 1. The molecule has 0 aromatic rings. The molecule has 1 fully saturated rings. The Kier molecular flexibility index (Phi) is 37.1. The van der Waals surface area contributed by atoms with E-state index in [-0.39, 0.29) is 19.6 Å². The van der Waals surface area contributed by atoms with Gasteiger partial charge in [-0.1, -0.05) is 152 Å². The summed E-state index contributed by atoms with van der Waals surface area (Å²) >= 11 is 0. The predicted molar refractivity (Wildman–Crippen MR) is 243 cm³/mol. The van der Waals surface area contributed by atoms with E-state index in [4.69, 9.17) is 23.5 Å². The van der Waals surface area contributed by atoms with Crippen LogP contribution in [0.25, 0.3) is 0 Å². The molecule has 12 nitrogen and oxygen atoms in total. The lowest BCUT2D eigenvalue weighted by molar-refractivity contribution is -0.301. The summed E-state index contributed by atoms with van der Waals surface area (Å²) in [6.07, 6.45) is 38.6. The first kappa shape index (κ1) is 57.1. The molecule has 0 radical (unpaired) electrons. The minimum absolute atomic E-state index is 0.0249. The summed E-state index contributed by atoms with van der Waals surface area (Å²) in [6, 6.07) is 0. The molecule has 6 unspecified atom stereocenters. The zero-order valence-corrected chi connectivity index (χ0v) is 38.8. The number of ether oxygens (including phenoxy) is 4. The second kappa shape index (κ2) is 39.6. The van der Waals surface area contributed by atoms with Gasteiger partial charge < -0.3 is 34.3 Å². The van der Waals surface area contributed by atoms with E-state index in [1.807, 2.05) is 0 Å². The zero-order chi connectivity index (χ0) is 44.7. The largest absolute Gasteiger partial charge is 0.457 e. The van der Waals surface area contributed by atoms with Crippen molar-refractivity contribution in [1.29, 1.82) is 0 Å². The van der Waals surface area contributed by atoms with Crippen molar-refractivity contribution in [3.05, 3.63) is 48.6 Å². The van der Waals surface area contributed by atoms with Crippen molar-refractivity contribution in [2.45, 2.75) is 224 Å². The Balaban J connectivity index is 2.38. The highest BCUT2D eigenvalue weighted by atomic mass is 32.3. The average Bonchev–Trinajstić information content (AvgIpc) is 3.23. The van der Waals surface area contributed by atoms with E-state index < -0.39 is 59.8 Å². The number of carbonyl (C=O) groups excluding carboxylic acids is 1. The summed E-state index contributed by atoms with van der Waals surface area (Å²) in [4.78, 5) is 12.8. The van der Waals surface area contributed by atoms with Crippen molar-refractivity contribution in [1.82, 2.24) is 0 Å². The molecule has 1 rings (SSSR count). The number of rotatable bonds is 41. The Morgan fingerprint density at radius 1 is 0.623 bits per heavy atom. The lowest BCUT2D eigenvalue weighted by Crippen LogP contribution is -2.60. The molecule has 61 heavy (non-hydrogen) atoms. The summed E-state index contributed by atoms with van der Waals surface area (Å²) in [7, 11) is -5.06.